The molecule has 3 N–H and O–H groups in total. The van der Waals surface area contributed by atoms with E-state index in [4.69, 9.17) is 14.2 Å². The Bertz CT molecular complexity index is 1010. The molecule has 4 bridgehead atoms. The van der Waals surface area contributed by atoms with E-state index >= 15 is 0 Å². The number of aliphatic hydroxyl groups excluding tert-OH is 2. The van der Waals surface area contributed by atoms with Crippen LogP contribution in [-0.4, -0.2) is 59.5 Å². The van der Waals surface area contributed by atoms with Crippen molar-refractivity contribution in [3.05, 3.63) is 58.5 Å². The molecule has 2 aliphatic carbocycles. The van der Waals surface area contributed by atoms with Gasteiger partial charge in [0.2, 0.25) is 0 Å². The minimum absolute atomic E-state index is 0.00139. The second-order valence-corrected chi connectivity index (χ2v) is 12.3. The number of aliphatic hydroxyl groups is 2. The molecule has 5 rings (SSSR count). The smallest absolute Gasteiger partial charge is 0.130 e. The van der Waals surface area contributed by atoms with Crippen molar-refractivity contribution >= 4 is 11.3 Å². The van der Waals surface area contributed by atoms with Crippen molar-refractivity contribution in [2.75, 3.05) is 7.11 Å². The lowest BCUT2D eigenvalue weighted by molar-refractivity contribution is -0.0899. The minimum atomic E-state index is -0.676. The molecule has 1 saturated heterocycles. The van der Waals surface area contributed by atoms with Crippen LogP contribution in [-0.2, 0) is 20.8 Å². The third-order valence-corrected chi connectivity index (χ3v) is 10.1. The molecule has 12 atom stereocenters. The average molecular weight is 516 g/mol. The average Bonchev–Trinajstić information content (AvgIpc) is 3.42. The summed E-state index contributed by atoms with van der Waals surface area (Å²) in [6.45, 7) is 13.0. The highest BCUT2D eigenvalue weighted by Gasteiger charge is 2.68. The van der Waals surface area contributed by atoms with Gasteiger partial charge in [-0.25, -0.2) is 0 Å². The summed E-state index contributed by atoms with van der Waals surface area (Å²) in [5, 5.41) is 28.2. The second kappa shape index (κ2) is 10.0. The predicted molar refractivity (Wildman–Crippen MR) is 141 cm³/mol. The van der Waals surface area contributed by atoms with Crippen molar-refractivity contribution in [3.8, 4) is 0 Å². The van der Waals surface area contributed by atoms with E-state index in [1.807, 2.05) is 0 Å². The first-order chi connectivity index (χ1) is 17.2. The Hall–Kier alpha value is -1.48. The molecule has 0 aromatic carbocycles. The normalized spacial score (nSPS) is 46.4. The molecule has 1 saturated carbocycles. The molecule has 1 aromatic rings. The zero-order valence-corrected chi connectivity index (χ0v) is 22.8. The Balaban J connectivity index is 1.56. The van der Waals surface area contributed by atoms with Crippen LogP contribution in [0.15, 0.2) is 53.7 Å². The molecule has 6 nitrogen and oxygen atoms in total. The lowest BCUT2D eigenvalue weighted by Gasteiger charge is -2.49. The number of methoxy groups -OCH3 is 1. The Labute approximate surface area is 219 Å². The van der Waals surface area contributed by atoms with Gasteiger partial charge in [-0.1, -0.05) is 44.7 Å². The topological polar surface area (TPSA) is 80.2 Å². The molecular weight excluding hydrogens is 474 g/mol. The van der Waals surface area contributed by atoms with Gasteiger partial charge in [0, 0.05) is 54.2 Å². The van der Waals surface area contributed by atoms with Crippen LogP contribution in [0, 0.1) is 29.6 Å². The van der Waals surface area contributed by atoms with E-state index in [0.29, 0.717) is 12.2 Å². The third kappa shape index (κ3) is 4.12. The molecule has 2 fully saturated rings. The fraction of sp³-hybridized carbons (Fsp3) is 0.655. The highest BCUT2D eigenvalue weighted by atomic mass is 32.1. The first kappa shape index (κ1) is 26.1. The van der Waals surface area contributed by atoms with Crippen LogP contribution >= 0.6 is 11.3 Å². The summed E-state index contributed by atoms with van der Waals surface area (Å²) < 4.78 is 19.2. The van der Waals surface area contributed by atoms with Crippen LogP contribution in [0.4, 0.5) is 0 Å². The van der Waals surface area contributed by atoms with Crippen LogP contribution < -0.4 is 5.32 Å². The van der Waals surface area contributed by atoms with Crippen LogP contribution in [0.3, 0.4) is 0 Å². The van der Waals surface area contributed by atoms with Crippen molar-refractivity contribution in [1.29, 1.82) is 0 Å². The highest BCUT2D eigenvalue weighted by Crippen LogP contribution is 2.60. The number of thiophene rings is 1. The zero-order chi connectivity index (χ0) is 25.8. The van der Waals surface area contributed by atoms with Crippen LogP contribution in [0.2, 0.25) is 0 Å². The Morgan fingerprint density at radius 1 is 1.33 bits per heavy atom. The quantitative estimate of drug-likeness (QED) is 0.514. The first-order valence-corrected chi connectivity index (χ1v) is 14.1. The Morgan fingerprint density at radius 2 is 2.11 bits per heavy atom. The summed E-state index contributed by atoms with van der Waals surface area (Å²) >= 11 is 1.74. The molecule has 1 spiro atoms. The van der Waals surface area contributed by atoms with E-state index < -0.39 is 23.9 Å². The maximum Gasteiger partial charge on any atom is 0.130 e. The number of hydrogen-bond donors (Lipinski definition) is 3. The van der Waals surface area contributed by atoms with Gasteiger partial charge in [0.25, 0.3) is 0 Å². The van der Waals surface area contributed by atoms with Gasteiger partial charge in [0.1, 0.15) is 23.6 Å². The van der Waals surface area contributed by atoms with Gasteiger partial charge in [-0.2, -0.15) is 0 Å². The van der Waals surface area contributed by atoms with Crippen molar-refractivity contribution < 1.29 is 24.4 Å². The molecule has 3 heterocycles. The zero-order valence-electron chi connectivity index (χ0n) is 22.0. The monoisotopic (exact) mass is 515 g/mol. The predicted octanol–water partition coefficient (Wildman–Crippen LogP) is 4.05. The molecule has 1 aromatic heterocycles. The van der Waals surface area contributed by atoms with E-state index in [1.54, 1.807) is 25.4 Å². The number of rotatable bonds is 5. The van der Waals surface area contributed by atoms with Gasteiger partial charge >= 0.3 is 0 Å². The van der Waals surface area contributed by atoms with Crippen molar-refractivity contribution in [2.45, 2.75) is 82.8 Å². The molecule has 4 aliphatic rings. The fourth-order valence-corrected chi connectivity index (χ4v) is 8.07. The minimum Gasteiger partial charge on any atom is -0.489 e. The lowest BCUT2D eigenvalue weighted by Crippen LogP contribution is -2.59. The van der Waals surface area contributed by atoms with E-state index in [-0.39, 0.29) is 47.8 Å². The number of nitrogens with one attached hydrogen (secondary N) is 1. The highest BCUT2D eigenvalue weighted by molar-refractivity contribution is 7.09. The van der Waals surface area contributed by atoms with E-state index in [2.05, 4.69) is 68.4 Å². The van der Waals surface area contributed by atoms with Gasteiger partial charge in [-0.3, -0.25) is 0 Å². The second-order valence-electron chi connectivity index (χ2n) is 11.3. The number of ether oxygens (including phenoxy) is 3. The van der Waals surface area contributed by atoms with Gasteiger partial charge in [0.15, 0.2) is 0 Å². The third-order valence-electron chi connectivity index (χ3n) is 9.18. The molecule has 36 heavy (non-hydrogen) atoms. The van der Waals surface area contributed by atoms with Gasteiger partial charge in [0.05, 0.1) is 18.3 Å². The molecule has 198 valence electrons. The molecule has 7 heteroatoms. The van der Waals surface area contributed by atoms with Crippen LogP contribution in [0.5, 0.6) is 0 Å². The molecular formula is C29H41NO5S. The van der Waals surface area contributed by atoms with Crippen molar-refractivity contribution in [2.24, 2.45) is 29.6 Å². The molecule has 0 radical (unpaired) electrons. The van der Waals surface area contributed by atoms with Crippen LogP contribution in [0.25, 0.3) is 0 Å². The molecule has 2 aliphatic heterocycles. The van der Waals surface area contributed by atoms with Gasteiger partial charge in [-0.05, 0) is 37.3 Å². The SMILES string of the molecule is C=C1O[C@H]([C@@H](C)O)[C@H](C)/C=C(\C)[C@]23O[C@@H]4[C@H](C=C[C@@H]2C[C@@H]1OC)[C@H]3[C@H](O)[C@@H](C)[C@@H]4NCc1cccs1. The van der Waals surface area contributed by atoms with Gasteiger partial charge < -0.3 is 29.7 Å². The maximum absolute atomic E-state index is 11.8. The fourth-order valence-electron chi connectivity index (χ4n) is 7.42. The summed E-state index contributed by atoms with van der Waals surface area (Å²) in [5.41, 5.74) is 0.451. The standard InChI is InChI=1S/C29H41NO5S/c1-15-12-16(2)29-20(13-23(33-6)19(5)34-27(15)18(4)31)9-10-22-24(29)26(32)17(3)25(28(22)35-29)30-14-21-8-7-11-36-21/h7-12,15,17-18,20,22-28,30-32H,5,13-14H2,1-4,6H3/b16-12+/t15-,17+,18-,20-,22-,23+,24+,25+,26-,27+,28-,29+/m1/s1. The summed E-state index contributed by atoms with van der Waals surface area (Å²) in [7, 11) is 1.67. The Kier molecular flexibility index (Phi) is 7.27. The largest absolute Gasteiger partial charge is 0.489 e. The summed E-state index contributed by atoms with van der Waals surface area (Å²) in [5.74, 6) is 0.570. The van der Waals surface area contributed by atoms with Crippen molar-refractivity contribution in [1.82, 2.24) is 5.32 Å². The summed E-state index contributed by atoms with van der Waals surface area (Å²) in [6, 6.07) is 4.25. The summed E-state index contributed by atoms with van der Waals surface area (Å²) in [4.78, 5) is 1.28. The van der Waals surface area contributed by atoms with E-state index in [1.165, 1.54) is 4.88 Å². The molecule has 0 amide bonds. The first-order valence-electron chi connectivity index (χ1n) is 13.2. The van der Waals surface area contributed by atoms with Crippen molar-refractivity contribution in [3.63, 3.8) is 0 Å². The summed E-state index contributed by atoms with van der Waals surface area (Å²) in [6.07, 6.45) is 5.34. The molecule has 0 unspecified atom stereocenters. The Morgan fingerprint density at radius 3 is 2.78 bits per heavy atom. The lowest BCUT2D eigenvalue weighted by atomic mass is 9.57. The number of hydrogen-bond acceptors (Lipinski definition) is 7. The van der Waals surface area contributed by atoms with E-state index in [0.717, 1.165) is 12.1 Å². The maximum atomic E-state index is 11.8. The van der Waals surface area contributed by atoms with Crippen LogP contribution in [0.1, 0.15) is 39.0 Å². The van der Waals surface area contributed by atoms with Gasteiger partial charge in [-0.15, -0.1) is 11.3 Å². The van der Waals surface area contributed by atoms with E-state index in [9.17, 15) is 10.2 Å².